The standard InChI is InChI=1S/C11H14N4S/c1-15-10(4-5-14-15)12-6-9-7-13-11(16-9)8-2-3-8/h4-5,7-8,12H,2-3,6H2,1H3. The lowest BCUT2D eigenvalue weighted by Gasteiger charge is -2.03. The van der Waals surface area contributed by atoms with Gasteiger partial charge in [-0.25, -0.2) is 4.98 Å². The SMILES string of the molecule is Cn1nccc1NCc1cnc(C2CC2)s1. The summed E-state index contributed by atoms with van der Waals surface area (Å²) in [6.07, 6.45) is 6.43. The molecular weight excluding hydrogens is 220 g/mol. The van der Waals surface area contributed by atoms with Crippen LogP contribution in [0.15, 0.2) is 18.5 Å². The van der Waals surface area contributed by atoms with Gasteiger partial charge in [0, 0.05) is 30.1 Å². The summed E-state index contributed by atoms with van der Waals surface area (Å²) in [6, 6.07) is 1.98. The molecule has 1 fully saturated rings. The number of aromatic nitrogens is 3. The summed E-state index contributed by atoms with van der Waals surface area (Å²) in [5.74, 6) is 1.80. The lowest BCUT2D eigenvalue weighted by Crippen LogP contribution is -2.03. The van der Waals surface area contributed by atoms with Gasteiger partial charge in [-0.2, -0.15) is 5.10 Å². The zero-order valence-electron chi connectivity index (χ0n) is 9.18. The molecule has 4 nitrogen and oxygen atoms in total. The van der Waals surface area contributed by atoms with Crippen molar-refractivity contribution in [3.8, 4) is 0 Å². The number of anilines is 1. The molecule has 0 spiro atoms. The Morgan fingerprint density at radius 3 is 3.12 bits per heavy atom. The fourth-order valence-electron chi connectivity index (χ4n) is 1.65. The van der Waals surface area contributed by atoms with Crippen LogP contribution in [0.4, 0.5) is 5.82 Å². The van der Waals surface area contributed by atoms with Gasteiger partial charge in [0.2, 0.25) is 0 Å². The van der Waals surface area contributed by atoms with Gasteiger partial charge in [0.25, 0.3) is 0 Å². The minimum atomic E-state index is 0.760. The van der Waals surface area contributed by atoms with Crippen molar-refractivity contribution in [2.24, 2.45) is 7.05 Å². The Morgan fingerprint density at radius 2 is 2.44 bits per heavy atom. The molecule has 0 aromatic carbocycles. The van der Waals surface area contributed by atoms with Gasteiger partial charge < -0.3 is 5.32 Å². The van der Waals surface area contributed by atoms with Crippen LogP contribution >= 0.6 is 11.3 Å². The van der Waals surface area contributed by atoms with E-state index in [4.69, 9.17) is 0 Å². The summed E-state index contributed by atoms with van der Waals surface area (Å²) in [4.78, 5) is 5.75. The number of thiazole rings is 1. The first-order valence-electron chi connectivity index (χ1n) is 5.49. The highest BCUT2D eigenvalue weighted by Crippen LogP contribution is 2.41. The topological polar surface area (TPSA) is 42.7 Å². The third-order valence-electron chi connectivity index (χ3n) is 2.76. The number of nitrogens with zero attached hydrogens (tertiary/aromatic N) is 3. The second kappa shape index (κ2) is 3.90. The van der Waals surface area contributed by atoms with E-state index in [0.29, 0.717) is 0 Å². The average Bonchev–Trinajstić information content (AvgIpc) is 2.89. The van der Waals surface area contributed by atoms with Crippen molar-refractivity contribution in [2.75, 3.05) is 5.32 Å². The molecule has 0 saturated heterocycles. The number of rotatable bonds is 4. The van der Waals surface area contributed by atoms with E-state index in [1.54, 1.807) is 6.20 Å². The maximum Gasteiger partial charge on any atom is 0.124 e. The second-order valence-corrected chi connectivity index (χ2v) is 5.28. The van der Waals surface area contributed by atoms with Gasteiger partial charge in [-0.05, 0) is 12.8 Å². The molecule has 2 aromatic rings. The van der Waals surface area contributed by atoms with E-state index in [0.717, 1.165) is 18.3 Å². The summed E-state index contributed by atoms with van der Waals surface area (Å²) in [5, 5.41) is 8.77. The number of hydrogen-bond acceptors (Lipinski definition) is 4. The molecule has 1 N–H and O–H groups in total. The highest BCUT2D eigenvalue weighted by atomic mass is 32.1. The van der Waals surface area contributed by atoms with E-state index in [1.807, 2.05) is 35.3 Å². The van der Waals surface area contributed by atoms with Crippen molar-refractivity contribution in [1.82, 2.24) is 14.8 Å². The summed E-state index contributed by atoms with van der Waals surface area (Å²) in [5.41, 5.74) is 0. The van der Waals surface area contributed by atoms with Crippen molar-refractivity contribution in [3.63, 3.8) is 0 Å². The molecule has 0 unspecified atom stereocenters. The lowest BCUT2D eigenvalue weighted by molar-refractivity contribution is 0.769. The van der Waals surface area contributed by atoms with Crippen LogP contribution < -0.4 is 5.32 Å². The highest BCUT2D eigenvalue weighted by molar-refractivity contribution is 7.11. The maximum atomic E-state index is 4.46. The molecule has 0 radical (unpaired) electrons. The first-order valence-corrected chi connectivity index (χ1v) is 6.31. The fourth-order valence-corrected chi connectivity index (χ4v) is 2.67. The monoisotopic (exact) mass is 234 g/mol. The fraction of sp³-hybridized carbons (Fsp3) is 0.455. The van der Waals surface area contributed by atoms with E-state index < -0.39 is 0 Å². The van der Waals surface area contributed by atoms with Gasteiger partial charge in [-0.1, -0.05) is 0 Å². The molecule has 0 amide bonds. The molecule has 0 bridgehead atoms. The predicted molar refractivity (Wildman–Crippen MR) is 64.6 cm³/mol. The molecule has 0 aliphatic heterocycles. The van der Waals surface area contributed by atoms with Gasteiger partial charge in [-0.3, -0.25) is 4.68 Å². The van der Waals surface area contributed by atoms with Crippen molar-refractivity contribution in [2.45, 2.75) is 25.3 Å². The molecule has 1 aliphatic rings. The molecular formula is C11H14N4S. The Balaban J connectivity index is 1.63. The Morgan fingerprint density at radius 1 is 1.56 bits per heavy atom. The van der Waals surface area contributed by atoms with Crippen molar-refractivity contribution >= 4 is 17.2 Å². The largest absolute Gasteiger partial charge is 0.365 e. The van der Waals surface area contributed by atoms with Crippen molar-refractivity contribution in [1.29, 1.82) is 0 Å². The van der Waals surface area contributed by atoms with Gasteiger partial charge in [-0.15, -0.1) is 11.3 Å². The van der Waals surface area contributed by atoms with Crippen molar-refractivity contribution < 1.29 is 0 Å². The van der Waals surface area contributed by atoms with Crippen molar-refractivity contribution in [3.05, 3.63) is 28.3 Å². The van der Waals surface area contributed by atoms with Gasteiger partial charge in [0.15, 0.2) is 0 Å². The molecule has 3 rings (SSSR count). The van der Waals surface area contributed by atoms with Crippen LogP contribution in [0.25, 0.3) is 0 Å². The van der Waals surface area contributed by atoms with Crippen LogP contribution in [0.1, 0.15) is 28.6 Å². The van der Waals surface area contributed by atoms with Gasteiger partial charge in [0.1, 0.15) is 5.82 Å². The number of nitrogens with one attached hydrogen (secondary N) is 1. The van der Waals surface area contributed by atoms with E-state index in [-0.39, 0.29) is 0 Å². The number of hydrogen-bond donors (Lipinski definition) is 1. The van der Waals surface area contributed by atoms with E-state index in [9.17, 15) is 0 Å². The lowest BCUT2D eigenvalue weighted by atomic mass is 10.4. The molecule has 0 atom stereocenters. The number of aryl methyl sites for hydroxylation is 1. The zero-order chi connectivity index (χ0) is 11.0. The quantitative estimate of drug-likeness (QED) is 0.883. The minimum Gasteiger partial charge on any atom is -0.365 e. The molecule has 2 aromatic heterocycles. The zero-order valence-corrected chi connectivity index (χ0v) is 10.00. The maximum absolute atomic E-state index is 4.46. The second-order valence-electron chi connectivity index (χ2n) is 4.13. The molecule has 1 aliphatic carbocycles. The van der Waals surface area contributed by atoms with E-state index in [1.165, 1.54) is 22.7 Å². The Kier molecular flexibility index (Phi) is 2.40. The minimum absolute atomic E-state index is 0.760. The molecule has 2 heterocycles. The molecule has 84 valence electrons. The predicted octanol–water partition coefficient (Wildman–Crippen LogP) is 2.37. The summed E-state index contributed by atoms with van der Waals surface area (Å²) in [7, 11) is 1.94. The smallest absolute Gasteiger partial charge is 0.124 e. The van der Waals surface area contributed by atoms with Crippen LogP contribution in [0, 0.1) is 0 Å². The van der Waals surface area contributed by atoms with Gasteiger partial charge in [0.05, 0.1) is 17.7 Å². The Hall–Kier alpha value is -1.36. The Labute approximate surface area is 98.3 Å². The Bertz CT molecular complexity index is 484. The first-order chi connectivity index (χ1) is 7.83. The van der Waals surface area contributed by atoms with Crippen LogP contribution in [0.5, 0.6) is 0 Å². The van der Waals surface area contributed by atoms with Crippen LogP contribution in [-0.2, 0) is 13.6 Å². The van der Waals surface area contributed by atoms with E-state index >= 15 is 0 Å². The average molecular weight is 234 g/mol. The van der Waals surface area contributed by atoms with Crippen LogP contribution in [0.2, 0.25) is 0 Å². The highest BCUT2D eigenvalue weighted by Gasteiger charge is 2.26. The molecule has 1 saturated carbocycles. The third-order valence-corrected chi connectivity index (χ3v) is 3.92. The van der Waals surface area contributed by atoms with Crippen LogP contribution in [-0.4, -0.2) is 14.8 Å². The van der Waals surface area contributed by atoms with Gasteiger partial charge >= 0.3 is 0 Å². The first kappa shape index (κ1) is 9.84. The third kappa shape index (κ3) is 1.95. The van der Waals surface area contributed by atoms with Crippen LogP contribution in [0.3, 0.4) is 0 Å². The summed E-state index contributed by atoms with van der Waals surface area (Å²) in [6.45, 7) is 0.837. The normalized spacial score (nSPS) is 15.3. The summed E-state index contributed by atoms with van der Waals surface area (Å²) >= 11 is 1.83. The van der Waals surface area contributed by atoms with E-state index in [2.05, 4.69) is 15.4 Å². The molecule has 16 heavy (non-hydrogen) atoms. The molecule has 5 heteroatoms. The summed E-state index contributed by atoms with van der Waals surface area (Å²) < 4.78 is 1.84.